The van der Waals surface area contributed by atoms with Crippen molar-refractivity contribution in [3.05, 3.63) is 28.8 Å². The molecule has 1 aromatic rings. The number of piperidine rings is 1. The molecule has 1 aliphatic heterocycles. The van der Waals surface area contributed by atoms with Crippen LogP contribution in [0.3, 0.4) is 0 Å². The number of nitrogens with two attached hydrogens (primary N) is 2. The summed E-state index contributed by atoms with van der Waals surface area (Å²) in [5.74, 6) is -1.54. The summed E-state index contributed by atoms with van der Waals surface area (Å²) in [4.78, 5) is 36.6. The van der Waals surface area contributed by atoms with Gasteiger partial charge in [-0.25, -0.2) is 4.79 Å². The van der Waals surface area contributed by atoms with Crippen LogP contribution in [0.5, 0.6) is 0 Å². The van der Waals surface area contributed by atoms with Crippen LogP contribution in [0.1, 0.15) is 23.2 Å². The highest BCUT2D eigenvalue weighted by Crippen LogP contribution is 2.19. The van der Waals surface area contributed by atoms with Crippen molar-refractivity contribution in [1.29, 1.82) is 0 Å². The highest BCUT2D eigenvalue weighted by Gasteiger charge is 2.26. The highest BCUT2D eigenvalue weighted by atomic mass is 35.5. The number of anilines is 1. The van der Waals surface area contributed by atoms with Gasteiger partial charge in [0.25, 0.3) is 5.91 Å². The summed E-state index contributed by atoms with van der Waals surface area (Å²) in [6, 6.07) is 4.41. The molecule has 7 nitrogen and oxygen atoms in total. The Bertz CT molecular complexity index is 627. The van der Waals surface area contributed by atoms with Crippen molar-refractivity contribution in [2.45, 2.75) is 12.8 Å². The van der Waals surface area contributed by atoms with Gasteiger partial charge in [-0.3, -0.25) is 9.59 Å². The van der Waals surface area contributed by atoms with Gasteiger partial charge in [0.2, 0.25) is 5.91 Å². The molecule has 0 spiro atoms. The van der Waals surface area contributed by atoms with Crippen molar-refractivity contribution in [3.63, 3.8) is 0 Å². The second kappa shape index (κ2) is 7.32. The average molecular weight is 340 g/mol. The van der Waals surface area contributed by atoms with E-state index in [-0.39, 0.29) is 35.6 Å². The molecule has 0 saturated carbocycles. The maximum Gasteiger partial charge on any atom is 0.340 e. The Morgan fingerprint density at radius 3 is 2.48 bits per heavy atom. The van der Waals surface area contributed by atoms with Crippen LogP contribution >= 0.6 is 11.6 Å². The van der Waals surface area contributed by atoms with Crippen molar-refractivity contribution in [1.82, 2.24) is 4.90 Å². The van der Waals surface area contributed by atoms with E-state index in [1.165, 1.54) is 18.2 Å². The first-order valence-corrected chi connectivity index (χ1v) is 7.55. The van der Waals surface area contributed by atoms with Crippen LogP contribution in [0, 0.1) is 5.92 Å². The van der Waals surface area contributed by atoms with Crippen molar-refractivity contribution in [2.75, 3.05) is 25.4 Å². The molecule has 2 amide bonds. The molecule has 0 radical (unpaired) electrons. The van der Waals surface area contributed by atoms with Crippen LogP contribution in [0.2, 0.25) is 5.02 Å². The summed E-state index contributed by atoms with van der Waals surface area (Å²) in [7, 11) is 0. The van der Waals surface area contributed by atoms with E-state index in [0.29, 0.717) is 31.0 Å². The first-order chi connectivity index (χ1) is 10.9. The third kappa shape index (κ3) is 4.35. The fraction of sp³-hybridized carbons (Fsp3) is 0.400. The third-order valence-electron chi connectivity index (χ3n) is 3.81. The quantitative estimate of drug-likeness (QED) is 0.622. The lowest BCUT2D eigenvalue weighted by atomic mass is 9.96. The molecular formula is C15H18ClN3O4. The lowest BCUT2D eigenvalue weighted by Crippen LogP contribution is -2.43. The number of halogens is 1. The van der Waals surface area contributed by atoms with Crippen LogP contribution in [-0.2, 0) is 14.3 Å². The van der Waals surface area contributed by atoms with Crippen LogP contribution < -0.4 is 11.5 Å². The Kier molecular flexibility index (Phi) is 5.44. The molecular weight excluding hydrogens is 322 g/mol. The lowest BCUT2D eigenvalue weighted by Gasteiger charge is -2.30. The lowest BCUT2D eigenvalue weighted by molar-refractivity contribution is -0.137. The van der Waals surface area contributed by atoms with E-state index in [9.17, 15) is 14.4 Å². The van der Waals surface area contributed by atoms with E-state index < -0.39 is 5.97 Å². The van der Waals surface area contributed by atoms with Gasteiger partial charge >= 0.3 is 5.97 Å². The van der Waals surface area contributed by atoms with Crippen molar-refractivity contribution in [3.8, 4) is 0 Å². The molecule has 1 fully saturated rings. The van der Waals surface area contributed by atoms with Crippen LogP contribution in [-0.4, -0.2) is 42.4 Å². The first-order valence-electron chi connectivity index (χ1n) is 7.17. The number of likely N-dealkylation sites (tertiary alicyclic amines) is 1. The zero-order valence-electron chi connectivity index (χ0n) is 12.5. The Morgan fingerprint density at radius 2 is 1.91 bits per heavy atom. The Morgan fingerprint density at radius 1 is 1.26 bits per heavy atom. The summed E-state index contributed by atoms with van der Waals surface area (Å²) in [6.45, 7) is 0.474. The molecule has 1 aliphatic rings. The smallest absolute Gasteiger partial charge is 0.340 e. The molecule has 2 rings (SSSR count). The average Bonchev–Trinajstić information content (AvgIpc) is 2.52. The van der Waals surface area contributed by atoms with E-state index in [1.807, 2.05) is 0 Å². The van der Waals surface area contributed by atoms with Crippen LogP contribution in [0.4, 0.5) is 5.69 Å². The van der Waals surface area contributed by atoms with Crippen LogP contribution in [0.15, 0.2) is 18.2 Å². The minimum atomic E-state index is -0.681. The maximum atomic E-state index is 12.0. The summed E-state index contributed by atoms with van der Waals surface area (Å²) in [5.41, 5.74) is 11.3. The number of amides is 2. The Hall–Kier alpha value is -2.28. The number of hydrogen-bond donors (Lipinski definition) is 2. The number of esters is 1. The van der Waals surface area contributed by atoms with Crippen molar-refractivity contribution in [2.24, 2.45) is 11.7 Å². The largest absolute Gasteiger partial charge is 0.452 e. The molecule has 0 bridgehead atoms. The number of rotatable bonds is 4. The fourth-order valence-electron chi connectivity index (χ4n) is 2.43. The van der Waals surface area contributed by atoms with Crippen LogP contribution in [0.25, 0.3) is 0 Å². The first kappa shape index (κ1) is 17.1. The number of primary amides is 1. The van der Waals surface area contributed by atoms with Gasteiger partial charge in [-0.2, -0.15) is 0 Å². The summed E-state index contributed by atoms with van der Waals surface area (Å²) in [6.07, 6.45) is 1.05. The van der Waals surface area contributed by atoms with E-state index in [4.69, 9.17) is 27.8 Å². The highest BCUT2D eigenvalue weighted by molar-refractivity contribution is 6.31. The molecule has 4 N–H and O–H groups in total. The van der Waals surface area contributed by atoms with E-state index in [1.54, 1.807) is 4.90 Å². The number of hydrogen-bond acceptors (Lipinski definition) is 5. The number of nitrogens with zero attached hydrogens (tertiary/aromatic N) is 1. The molecule has 0 unspecified atom stereocenters. The standard InChI is InChI=1S/C15H18ClN3O4/c16-10-1-2-11(12(17)7-10)15(22)23-8-13(20)19-5-3-9(4-6-19)14(18)21/h1-2,7,9H,3-6,8,17H2,(H2,18,21). The second-order valence-corrected chi connectivity index (χ2v) is 5.80. The van der Waals surface area contributed by atoms with Gasteiger partial charge < -0.3 is 21.1 Å². The number of ether oxygens (including phenoxy) is 1. The molecule has 1 aromatic carbocycles. The second-order valence-electron chi connectivity index (χ2n) is 5.37. The minimum absolute atomic E-state index is 0.162. The Balaban J connectivity index is 1.85. The van der Waals surface area contributed by atoms with Crippen molar-refractivity contribution >= 4 is 35.1 Å². The molecule has 0 atom stereocenters. The van der Waals surface area contributed by atoms with Gasteiger partial charge in [-0.15, -0.1) is 0 Å². The molecule has 1 saturated heterocycles. The van der Waals surface area contributed by atoms with Gasteiger partial charge in [-0.1, -0.05) is 11.6 Å². The summed E-state index contributed by atoms with van der Waals surface area (Å²) < 4.78 is 4.99. The fourth-order valence-corrected chi connectivity index (χ4v) is 2.61. The number of carbonyl (C=O) groups excluding carboxylic acids is 3. The molecule has 1 heterocycles. The third-order valence-corrected chi connectivity index (χ3v) is 4.05. The predicted molar refractivity (Wildman–Crippen MR) is 84.6 cm³/mol. The molecule has 124 valence electrons. The topological polar surface area (TPSA) is 116 Å². The number of nitrogen functional groups attached to an aromatic ring is 1. The monoisotopic (exact) mass is 339 g/mol. The van der Waals surface area contributed by atoms with Gasteiger partial charge in [0.15, 0.2) is 6.61 Å². The van der Waals surface area contributed by atoms with Gasteiger partial charge in [0.1, 0.15) is 0 Å². The summed E-state index contributed by atoms with van der Waals surface area (Å²) in [5, 5.41) is 0.410. The van der Waals surface area contributed by atoms with Gasteiger partial charge in [0.05, 0.1) is 5.56 Å². The van der Waals surface area contributed by atoms with Gasteiger partial charge in [0, 0.05) is 29.7 Å². The van der Waals surface area contributed by atoms with E-state index in [0.717, 1.165) is 0 Å². The van der Waals surface area contributed by atoms with Gasteiger partial charge in [-0.05, 0) is 31.0 Å². The zero-order valence-corrected chi connectivity index (χ0v) is 13.2. The molecule has 8 heteroatoms. The van der Waals surface area contributed by atoms with Crippen molar-refractivity contribution < 1.29 is 19.1 Å². The van der Waals surface area contributed by atoms with E-state index in [2.05, 4.69) is 0 Å². The molecule has 0 aromatic heterocycles. The number of carbonyl (C=O) groups is 3. The normalized spacial score (nSPS) is 15.3. The zero-order chi connectivity index (χ0) is 17.0. The SMILES string of the molecule is NC(=O)C1CCN(C(=O)COC(=O)c2ccc(Cl)cc2N)CC1. The molecule has 0 aliphatic carbocycles. The molecule has 23 heavy (non-hydrogen) atoms. The maximum absolute atomic E-state index is 12.0. The Labute approximate surface area is 138 Å². The van der Waals surface area contributed by atoms with E-state index >= 15 is 0 Å². The predicted octanol–water partition coefficient (Wildman–Crippen LogP) is 0.803. The summed E-state index contributed by atoms with van der Waals surface area (Å²) >= 11 is 5.76. The number of benzene rings is 1. The minimum Gasteiger partial charge on any atom is -0.452 e.